The van der Waals surface area contributed by atoms with Gasteiger partial charge in [-0.3, -0.25) is 0 Å². The SMILES string of the molecule is Cc1cc2c(cc1N(C)CC(C#N)C(C)C)OCO2. The summed E-state index contributed by atoms with van der Waals surface area (Å²) in [6.45, 7) is 7.20. The third-order valence-corrected chi connectivity index (χ3v) is 3.54. The maximum absolute atomic E-state index is 9.20. The first kappa shape index (κ1) is 13.5. The molecule has 1 unspecified atom stereocenters. The molecule has 0 aromatic heterocycles. The lowest BCUT2D eigenvalue weighted by atomic mass is 9.96. The van der Waals surface area contributed by atoms with E-state index in [0.29, 0.717) is 12.5 Å². The minimum Gasteiger partial charge on any atom is -0.454 e. The molecular weight excluding hydrogens is 240 g/mol. The van der Waals surface area contributed by atoms with Gasteiger partial charge in [0.05, 0.1) is 12.0 Å². The van der Waals surface area contributed by atoms with E-state index in [1.807, 2.05) is 26.1 Å². The van der Waals surface area contributed by atoms with Crippen molar-refractivity contribution in [3.8, 4) is 17.6 Å². The van der Waals surface area contributed by atoms with Gasteiger partial charge in [-0.25, -0.2) is 0 Å². The van der Waals surface area contributed by atoms with Crippen molar-refractivity contribution in [2.75, 3.05) is 25.3 Å². The summed E-state index contributed by atoms with van der Waals surface area (Å²) in [6, 6.07) is 6.36. The predicted octanol–water partition coefficient (Wildman–Crippen LogP) is 2.96. The lowest BCUT2D eigenvalue weighted by Crippen LogP contribution is -2.28. The molecule has 1 aromatic carbocycles. The Balaban J connectivity index is 2.20. The van der Waals surface area contributed by atoms with Crippen LogP contribution in [-0.2, 0) is 0 Å². The zero-order valence-corrected chi connectivity index (χ0v) is 11.9. The number of nitrogens with zero attached hydrogens (tertiary/aromatic N) is 2. The van der Waals surface area contributed by atoms with Gasteiger partial charge in [0.25, 0.3) is 0 Å². The fourth-order valence-corrected chi connectivity index (χ4v) is 2.24. The van der Waals surface area contributed by atoms with Crippen LogP contribution in [0.15, 0.2) is 12.1 Å². The van der Waals surface area contributed by atoms with Gasteiger partial charge in [-0.2, -0.15) is 5.26 Å². The standard InChI is InChI=1S/C15H20N2O2/c1-10(2)12(7-16)8-17(4)13-6-15-14(5-11(13)3)18-9-19-15/h5-6,10,12H,8-9H2,1-4H3. The second-order valence-electron chi connectivity index (χ2n) is 5.35. The lowest BCUT2D eigenvalue weighted by molar-refractivity contribution is 0.174. The van der Waals surface area contributed by atoms with Crippen molar-refractivity contribution < 1.29 is 9.47 Å². The number of hydrogen-bond acceptors (Lipinski definition) is 4. The minimum absolute atomic E-state index is 0.0230. The molecule has 19 heavy (non-hydrogen) atoms. The number of nitriles is 1. The van der Waals surface area contributed by atoms with Gasteiger partial charge in [0.2, 0.25) is 6.79 Å². The Kier molecular flexibility index (Phi) is 3.84. The van der Waals surface area contributed by atoms with Crippen LogP contribution in [-0.4, -0.2) is 20.4 Å². The molecule has 2 rings (SSSR count). The first-order chi connectivity index (χ1) is 9.02. The fraction of sp³-hybridized carbons (Fsp3) is 0.533. The maximum Gasteiger partial charge on any atom is 0.231 e. The van der Waals surface area contributed by atoms with Gasteiger partial charge in [0.15, 0.2) is 11.5 Å². The van der Waals surface area contributed by atoms with Crippen molar-refractivity contribution >= 4 is 5.69 Å². The van der Waals surface area contributed by atoms with Gasteiger partial charge >= 0.3 is 0 Å². The average molecular weight is 260 g/mol. The predicted molar refractivity (Wildman–Crippen MR) is 74.5 cm³/mol. The van der Waals surface area contributed by atoms with Gasteiger partial charge in [-0.05, 0) is 24.5 Å². The molecule has 102 valence electrons. The highest BCUT2D eigenvalue weighted by Crippen LogP contribution is 2.38. The number of rotatable bonds is 4. The quantitative estimate of drug-likeness (QED) is 0.835. The Labute approximate surface area is 114 Å². The molecular formula is C15H20N2O2. The molecule has 1 aliphatic heterocycles. The number of anilines is 1. The minimum atomic E-state index is 0.0230. The maximum atomic E-state index is 9.20. The lowest BCUT2D eigenvalue weighted by Gasteiger charge is -2.25. The zero-order chi connectivity index (χ0) is 14.0. The smallest absolute Gasteiger partial charge is 0.231 e. The topological polar surface area (TPSA) is 45.5 Å². The molecule has 0 saturated carbocycles. The summed E-state index contributed by atoms with van der Waals surface area (Å²) in [4.78, 5) is 2.12. The number of benzene rings is 1. The van der Waals surface area contributed by atoms with Crippen LogP contribution in [0.1, 0.15) is 19.4 Å². The molecule has 0 saturated heterocycles. The Morgan fingerprint density at radius 2 is 1.95 bits per heavy atom. The van der Waals surface area contributed by atoms with Gasteiger partial charge in [0.1, 0.15) is 0 Å². The molecule has 1 atom stereocenters. The number of fused-ring (bicyclic) bond motifs is 1. The van der Waals surface area contributed by atoms with E-state index in [0.717, 1.165) is 22.7 Å². The summed E-state index contributed by atoms with van der Waals surface area (Å²) in [5, 5.41) is 9.20. The van der Waals surface area contributed by atoms with Crippen molar-refractivity contribution in [2.24, 2.45) is 11.8 Å². The van der Waals surface area contributed by atoms with Gasteiger partial charge in [0, 0.05) is 25.3 Å². The van der Waals surface area contributed by atoms with Crippen molar-refractivity contribution in [3.63, 3.8) is 0 Å². The molecule has 0 fully saturated rings. The molecule has 0 spiro atoms. The second-order valence-corrected chi connectivity index (χ2v) is 5.35. The van der Waals surface area contributed by atoms with Gasteiger partial charge in [-0.15, -0.1) is 0 Å². The Bertz CT molecular complexity index is 506. The number of hydrogen-bond donors (Lipinski definition) is 0. The van der Waals surface area contributed by atoms with Crippen LogP contribution < -0.4 is 14.4 Å². The second kappa shape index (κ2) is 5.40. The van der Waals surface area contributed by atoms with E-state index < -0.39 is 0 Å². The van der Waals surface area contributed by atoms with Crippen molar-refractivity contribution in [1.82, 2.24) is 0 Å². The van der Waals surface area contributed by atoms with Gasteiger partial charge < -0.3 is 14.4 Å². The van der Waals surface area contributed by atoms with E-state index in [1.54, 1.807) is 0 Å². The summed E-state index contributed by atoms with van der Waals surface area (Å²) in [6.07, 6.45) is 0. The monoisotopic (exact) mass is 260 g/mol. The van der Waals surface area contributed by atoms with Crippen LogP contribution in [0.25, 0.3) is 0 Å². The highest BCUT2D eigenvalue weighted by molar-refractivity contribution is 5.62. The summed E-state index contributed by atoms with van der Waals surface area (Å²) >= 11 is 0. The third-order valence-electron chi connectivity index (χ3n) is 3.54. The van der Waals surface area contributed by atoms with E-state index in [2.05, 4.69) is 24.8 Å². The molecule has 0 aliphatic carbocycles. The summed E-state index contributed by atoms with van der Waals surface area (Å²) in [5.41, 5.74) is 2.22. The Hall–Kier alpha value is -1.89. The van der Waals surface area contributed by atoms with Crippen molar-refractivity contribution in [1.29, 1.82) is 5.26 Å². The largest absolute Gasteiger partial charge is 0.454 e. The Morgan fingerprint density at radius 1 is 1.32 bits per heavy atom. The van der Waals surface area contributed by atoms with E-state index in [4.69, 9.17) is 9.47 Å². The molecule has 0 bridgehead atoms. The molecule has 1 heterocycles. The molecule has 4 heteroatoms. The Morgan fingerprint density at radius 3 is 2.53 bits per heavy atom. The van der Waals surface area contributed by atoms with Crippen molar-refractivity contribution in [3.05, 3.63) is 17.7 Å². The van der Waals surface area contributed by atoms with Crippen LogP contribution in [0, 0.1) is 30.1 Å². The number of aryl methyl sites for hydroxylation is 1. The van der Waals surface area contributed by atoms with E-state index in [9.17, 15) is 5.26 Å². The molecule has 0 amide bonds. The van der Waals surface area contributed by atoms with E-state index >= 15 is 0 Å². The third kappa shape index (κ3) is 2.76. The molecule has 1 aliphatic rings. The van der Waals surface area contributed by atoms with E-state index in [-0.39, 0.29) is 12.7 Å². The van der Waals surface area contributed by atoms with Gasteiger partial charge in [-0.1, -0.05) is 13.8 Å². The molecule has 4 nitrogen and oxygen atoms in total. The summed E-state index contributed by atoms with van der Waals surface area (Å²) in [5.74, 6) is 1.96. The summed E-state index contributed by atoms with van der Waals surface area (Å²) < 4.78 is 10.8. The highest BCUT2D eigenvalue weighted by Gasteiger charge is 2.20. The number of ether oxygens (including phenoxy) is 2. The first-order valence-corrected chi connectivity index (χ1v) is 6.54. The zero-order valence-electron chi connectivity index (χ0n) is 11.9. The molecule has 1 aromatic rings. The summed E-state index contributed by atoms with van der Waals surface area (Å²) in [7, 11) is 2.01. The van der Waals surface area contributed by atoms with Crippen LogP contribution in [0.2, 0.25) is 0 Å². The fourth-order valence-electron chi connectivity index (χ4n) is 2.24. The van der Waals surface area contributed by atoms with Crippen molar-refractivity contribution in [2.45, 2.75) is 20.8 Å². The first-order valence-electron chi connectivity index (χ1n) is 6.54. The molecule has 0 radical (unpaired) electrons. The van der Waals surface area contributed by atoms with Crippen LogP contribution in [0.3, 0.4) is 0 Å². The van der Waals surface area contributed by atoms with Crippen LogP contribution >= 0.6 is 0 Å². The van der Waals surface area contributed by atoms with E-state index in [1.165, 1.54) is 0 Å². The highest BCUT2D eigenvalue weighted by atomic mass is 16.7. The van der Waals surface area contributed by atoms with Crippen LogP contribution in [0.4, 0.5) is 5.69 Å². The molecule has 0 N–H and O–H groups in total. The normalized spacial score (nSPS) is 14.3. The average Bonchev–Trinajstić information content (AvgIpc) is 2.81. The van der Waals surface area contributed by atoms with Crippen LogP contribution in [0.5, 0.6) is 11.5 Å².